The maximum atomic E-state index is 4.11. The Labute approximate surface area is 138 Å². The van der Waals surface area contributed by atoms with Crippen molar-refractivity contribution in [2.45, 2.75) is 25.7 Å². The van der Waals surface area contributed by atoms with Gasteiger partial charge in [-0.1, -0.05) is 50.2 Å². The van der Waals surface area contributed by atoms with Gasteiger partial charge in [0.25, 0.3) is 0 Å². The number of hydrogen-bond donors (Lipinski definition) is 1. The van der Waals surface area contributed by atoms with Gasteiger partial charge in [0.05, 0.1) is 0 Å². The van der Waals surface area contributed by atoms with Gasteiger partial charge >= 0.3 is 0 Å². The van der Waals surface area contributed by atoms with Gasteiger partial charge in [0, 0.05) is 23.8 Å². The van der Waals surface area contributed by atoms with E-state index in [-0.39, 0.29) is 5.41 Å². The van der Waals surface area contributed by atoms with Crippen molar-refractivity contribution in [3.8, 4) is 0 Å². The number of hydrogen-bond acceptors (Lipinski definition) is 2. The van der Waals surface area contributed by atoms with Gasteiger partial charge in [-0.25, -0.2) is 0 Å². The quantitative estimate of drug-likeness (QED) is 0.687. The van der Waals surface area contributed by atoms with Crippen LogP contribution < -0.4 is 5.32 Å². The molecule has 116 valence electrons. The first-order valence-corrected chi connectivity index (χ1v) is 7.96. The summed E-state index contributed by atoms with van der Waals surface area (Å²) in [5.41, 5.74) is 4.93. The third-order valence-corrected chi connectivity index (χ3v) is 4.10. The van der Waals surface area contributed by atoms with E-state index in [4.69, 9.17) is 0 Å². The summed E-state index contributed by atoms with van der Waals surface area (Å²) in [7, 11) is 0. The van der Waals surface area contributed by atoms with Crippen molar-refractivity contribution >= 4 is 11.4 Å². The molecule has 2 heteroatoms. The molecule has 0 atom stereocenters. The second-order valence-electron chi connectivity index (χ2n) is 6.45. The molecule has 0 unspecified atom stereocenters. The van der Waals surface area contributed by atoms with Crippen LogP contribution in [0.25, 0.3) is 0 Å². The molecule has 0 aliphatic carbocycles. The van der Waals surface area contributed by atoms with Crippen LogP contribution in [0, 0.1) is 0 Å². The zero-order valence-corrected chi connectivity index (χ0v) is 13.7. The summed E-state index contributed by atoms with van der Waals surface area (Å²) in [5, 5.41) is 3.55. The minimum atomic E-state index is 0.0275. The number of nitrogens with zero attached hydrogens (tertiary/aromatic N) is 1. The first kappa shape index (κ1) is 15.3. The molecule has 23 heavy (non-hydrogen) atoms. The lowest BCUT2D eigenvalue weighted by molar-refractivity contribution is 0.524. The van der Waals surface area contributed by atoms with Crippen LogP contribution in [0.2, 0.25) is 0 Å². The zero-order valence-electron chi connectivity index (χ0n) is 13.7. The van der Waals surface area contributed by atoms with Gasteiger partial charge in [-0.3, -0.25) is 4.98 Å². The van der Waals surface area contributed by atoms with Crippen LogP contribution in [0.3, 0.4) is 0 Å². The molecule has 2 nitrogen and oxygen atoms in total. The number of aromatic nitrogens is 1. The van der Waals surface area contributed by atoms with Gasteiger partial charge in [0.15, 0.2) is 0 Å². The zero-order chi connectivity index (χ0) is 16.1. The Balaban J connectivity index is 1.89. The van der Waals surface area contributed by atoms with Gasteiger partial charge in [-0.15, -0.1) is 0 Å². The minimum absolute atomic E-state index is 0.0275. The molecule has 0 saturated carbocycles. The van der Waals surface area contributed by atoms with E-state index in [2.05, 4.69) is 72.7 Å². The topological polar surface area (TPSA) is 24.9 Å². The highest BCUT2D eigenvalue weighted by Crippen LogP contribution is 2.34. The van der Waals surface area contributed by atoms with Crippen LogP contribution in [-0.2, 0) is 11.8 Å². The van der Waals surface area contributed by atoms with E-state index in [0.29, 0.717) is 0 Å². The van der Waals surface area contributed by atoms with Crippen LogP contribution >= 0.6 is 0 Å². The summed E-state index contributed by atoms with van der Waals surface area (Å²) in [6.07, 6.45) is 4.70. The Kier molecular flexibility index (Phi) is 4.42. The van der Waals surface area contributed by atoms with Crippen molar-refractivity contribution in [2.24, 2.45) is 0 Å². The lowest BCUT2D eigenvalue weighted by Crippen LogP contribution is -2.22. The Hall–Kier alpha value is -2.61. The number of pyridine rings is 1. The fourth-order valence-corrected chi connectivity index (χ4v) is 2.97. The van der Waals surface area contributed by atoms with Crippen molar-refractivity contribution in [2.75, 3.05) is 5.32 Å². The fourth-order valence-electron chi connectivity index (χ4n) is 2.97. The summed E-state index contributed by atoms with van der Waals surface area (Å²) in [5.74, 6) is 0. The highest BCUT2D eigenvalue weighted by atomic mass is 14.9. The third kappa shape index (κ3) is 3.78. The van der Waals surface area contributed by atoms with Crippen molar-refractivity contribution in [1.82, 2.24) is 4.98 Å². The van der Waals surface area contributed by atoms with Crippen LogP contribution in [0.5, 0.6) is 0 Å². The molecule has 2 aromatic carbocycles. The summed E-state index contributed by atoms with van der Waals surface area (Å²) in [4.78, 5) is 4.11. The molecule has 1 aromatic heterocycles. The average Bonchev–Trinajstić information content (AvgIpc) is 2.57. The molecule has 1 heterocycles. The van der Waals surface area contributed by atoms with Crippen LogP contribution in [0.1, 0.15) is 25.0 Å². The van der Waals surface area contributed by atoms with E-state index < -0.39 is 0 Å². The second-order valence-corrected chi connectivity index (χ2v) is 6.45. The largest absolute Gasteiger partial charge is 0.355 e. The predicted molar refractivity (Wildman–Crippen MR) is 97.1 cm³/mol. The van der Waals surface area contributed by atoms with Crippen molar-refractivity contribution < 1.29 is 0 Å². The highest BCUT2D eigenvalue weighted by Gasteiger charge is 2.24. The normalized spacial score (nSPS) is 11.2. The lowest BCUT2D eigenvalue weighted by atomic mass is 9.78. The Morgan fingerprint density at radius 1 is 0.826 bits per heavy atom. The Morgan fingerprint density at radius 3 is 2.22 bits per heavy atom. The molecule has 0 aliphatic rings. The van der Waals surface area contributed by atoms with E-state index in [1.807, 2.05) is 30.6 Å². The van der Waals surface area contributed by atoms with Crippen molar-refractivity contribution in [3.63, 3.8) is 0 Å². The first-order chi connectivity index (χ1) is 11.1. The van der Waals surface area contributed by atoms with E-state index in [0.717, 1.165) is 17.8 Å². The number of rotatable bonds is 5. The van der Waals surface area contributed by atoms with Gasteiger partial charge in [0.1, 0.15) is 0 Å². The standard InChI is InChI=1S/C21H22N2/c1-21(2,16-17-12-14-22-15-13-17)19-10-6-7-11-20(19)23-18-8-4-3-5-9-18/h3-15,23H,16H2,1-2H3. The second kappa shape index (κ2) is 6.66. The maximum absolute atomic E-state index is 4.11. The predicted octanol–water partition coefficient (Wildman–Crippen LogP) is 5.35. The van der Waals surface area contributed by atoms with Gasteiger partial charge in [-0.2, -0.15) is 0 Å². The molecule has 0 radical (unpaired) electrons. The number of para-hydroxylation sites is 2. The van der Waals surface area contributed by atoms with Crippen LogP contribution in [0.4, 0.5) is 11.4 Å². The highest BCUT2D eigenvalue weighted by molar-refractivity contribution is 5.64. The summed E-state index contributed by atoms with van der Waals surface area (Å²) in [6, 6.07) is 23.0. The third-order valence-electron chi connectivity index (χ3n) is 4.10. The molecular formula is C21H22N2. The van der Waals surface area contributed by atoms with Crippen LogP contribution in [-0.4, -0.2) is 4.98 Å². The summed E-state index contributed by atoms with van der Waals surface area (Å²) >= 11 is 0. The van der Waals surface area contributed by atoms with E-state index in [9.17, 15) is 0 Å². The van der Waals surface area contributed by atoms with Gasteiger partial charge in [-0.05, 0) is 53.3 Å². The molecule has 3 aromatic rings. The fraction of sp³-hybridized carbons (Fsp3) is 0.190. The molecular weight excluding hydrogens is 280 g/mol. The molecule has 0 aliphatic heterocycles. The molecule has 0 bridgehead atoms. The smallest absolute Gasteiger partial charge is 0.0422 e. The van der Waals surface area contributed by atoms with Gasteiger partial charge in [0.2, 0.25) is 0 Å². The number of nitrogens with one attached hydrogen (secondary N) is 1. The average molecular weight is 302 g/mol. The first-order valence-electron chi connectivity index (χ1n) is 7.96. The van der Waals surface area contributed by atoms with Gasteiger partial charge < -0.3 is 5.32 Å². The monoisotopic (exact) mass is 302 g/mol. The molecule has 0 fully saturated rings. The molecule has 3 rings (SSSR count). The number of anilines is 2. The van der Waals surface area contributed by atoms with E-state index in [1.165, 1.54) is 11.1 Å². The Bertz CT molecular complexity index is 749. The van der Waals surface area contributed by atoms with Crippen molar-refractivity contribution in [1.29, 1.82) is 0 Å². The summed E-state index contributed by atoms with van der Waals surface area (Å²) in [6.45, 7) is 4.58. The van der Waals surface area contributed by atoms with E-state index in [1.54, 1.807) is 0 Å². The summed E-state index contributed by atoms with van der Waals surface area (Å²) < 4.78 is 0. The molecule has 0 spiro atoms. The Morgan fingerprint density at radius 2 is 1.48 bits per heavy atom. The molecule has 0 saturated heterocycles. The van der Waals surface area contributed by atoms with Crippen molar-refractivity contribution in [3.05, 3.63) is 90.3 Å². The number of benzene rings is 2. The minimum Gasteiger partial charge on any atom is -0.355 e. The molecule has 1 N–H and O–H groups in total. The maximum Gasteiger partial charge on any atom is 0.0422 e. The molecule has 0 amide bonds. The van der Waals surface area contributed by atoms with E-state index >= 15 is 0 Å². The lowest BCUT2D eigenvalue weighted by Gasteiger charge is -2.28. The SMILES string of the molecule is CC(C)(Cc1ccncc1)c1ccccc1Nc1ccccc1. The van der Waals surface area contributed by atoms with Crippen LogP contribution in [0.15, 0.2) is 79.1 Å².